The van der Waals surface area contributed by atoms with Crippen molar-refractivity contribution >= 4 is 41.6 Å². The summed E-state index contributed by atoms with van der Waals surface area (Å²) in [5, 5.41) is 0. The third kappa shape index (κ3) is 3.74. The summed E-state index contributed by atoms with van der Waals surface area (Å²) in [5.74, 6) is -0.225. The second kappa shape index (κ2) is 6.45. The summed E-state index contributed by atoms with van der Waals surface area (Å²) in [7, 11) is 3.19. The Balaban J connectivity index is 3.35. The lowest BCUT2D eigenvalue weighted by Gasteiger charge is -2.24. The maximum atomic E-state index is 12.4. The predicted octanol–water partition coefficient (Wildman–Crippen LogP) is 3.56. The van der Waals surface area contributed by atoms with Gasteiger partial charge in [0, 0.05) is 33.8 Å². The van der Waals surface area contributed by atoms with Crippen LogP contribution >= 0.6 is 26.6 Å². The highest BCUT2D eigenvalue weighted by atomic mass is 79.9. The van der Waals surface area contributed by atoms with Crippen LogP contribution in [0.3, 0.4) is 0 Å². The maximum Gasteiger partial charge on any atom is 0.262 e. The Morgan fingerprint density at radius 3 is 2.45 bits per heavy atom. The normalized spacial score (nSPS) is 13.1. The largest absolute Gasteiger partial charge is 0.339 e. The molecule has 0 aliphatic carbocycles. The molecule has 0 aromatic heterocycles. The lowest BCUT2D eigenvalue weighted by atomic mass is 10.1. The minimum atomic E-state index is -3.91. The van der Waals surface area contributed by atoms with Crippen LogP contribution in [0, 0.1) is 6.92 Å². The molecule has 4 nitrogen and oxygen atoms in total. The van der Waals surface area contributed by atoms with Crippen molar-refractivity contribution < 1.29 is 13.2 Å². The standard InChI is InChI=1S/C13H17BrClNO3S/c1-5-9(3)16(4)13(17)10-6-8(2)12(14)11(7-10)20(15,18)19/h6-7,9H,5H2,1-4H3. The van der Waals surface area contributed by atoms with Crippen LogP contribution < -0.4 is 0 Å². The Morgan fingerprint density at radius 1 is 1.45 bits per heavy atom. The number of benzene rings is 1. The number of rotatable bonds is 4. The molecule has 1 amide bonds. The lowest BCUT2D eigenvalue weighted by molar-refractivity contribution is 0.0740. The second-order valence-corrected chi connectivity index (χ2v) is 8.04. The molecule has 0 N–H and O–H groups in total. The summed E-state index contributed by atoms with van der Waals surface area (Å²) in [4.78, 5) is 13.9. The van der Waals surface area contributed by atoms with E-state index in [4.69, 9.17) is 10.7 Å². The van der Waals surface area contributed by atoms with E-state index < -0.39 is 9.05 Å². The lowest BCUT2D eigenvalue weighted by Crippen LogP contribution is -2.34. The van der Waals surface area contributed by atoms with E-state index in [1.165, 1.54) is 6.07 Å². The van der Waals surface area contributed by atoms with Crippen LogP contribution in [0.15, 0.2) is 21.5 Å². The highest BCUT2D eigenvalue weighted by Crippen LogP contribution is 2.30. The summed E-state index contributed by atoms with van der Waals surface area (Å²) in [6, 6.07) is 3.03. The van der Waals surface area contributed by atoms with Crippen molar-refractivity contribution in [2.24, 2.45) is 0 Å². The number of halogens is 2. The SMILES string of the molecule is CCC(C)N(C)C(=O)c1cc(C)c(Br)c(S(=O)(=O)Cl)c1. The van der Waals surface area contributed by atoms with Gasteiger partial charge in [0.25, 0.3) is 15.0 Å². The average Bonchev–Trinajstić information content (AvgIpc) is 2.37. The molecule has 20 heavy (non-hydrogen) atoms. The van der Waals surface area contributed by atoms with Gasteiger partial charge in [0.05, 0.1) is 4.90 Å². The maximum absolute atomic E-state index is 12.4. The fourth-order valence-corrected chi connectivity index (χ4v) is 3.87. The molecule has 7 heteroatoms. The van der Waals surface area contributed by atoms with Crippen molar-refractivity contribution in [2.45, 2.75) is 38.1 Å². The van der Waals surface area contributed by atoms with Gasteiger partial charge in [-0.3, -0.25) is 4.79 Å². The van der Waals surface area contributed by atoms with Crippen molar-refractivity contribution in [3.8, 4) is 0 Å². The molecule has 1 aromatic rings. The van der Waals surface area contributed by atoms with E-state index in [-0.39, 0.29) is 16.8 Å². The third-order valence-corrected chi connectivity index (χ3v) is 5.96. The molecule has 0 heterocycles. The Bertz CT molecular complexity index is 631. The van der Waals surface area contributed by atoms with Gasteiger partial charge in [0.1, 0.15) is 0 Å². The molecule has 0 bridgehead atoms. The van der Waals surface area contributed by atoms with Gasteiger partial charge < -0.3 is 4.90 Å². The van der Waals surface area contributed by atoms with Gasteiger partial charge in [-0.15, -0.1) is 0 Å². The third-order valence-electron chi connectivity index (χ3n) is 3.30. The molecule has 0 spiro atoms. The van der Waals surface area contributed by atoms with Crippen LogP contribution in [0.2, 0.25) is 0 Å². The molecular weight excluding hydrogens is 366 g/mol. The quantitative estimate of drug-likeness (QED) is 0.748. The molecule has 0 aliphatic heterocycles. The van der Waals surface area contributed by atoms with Crippen LogP contribution in [0.4, 0.5) is 0 Å². The summed E-state index contributed by atoms with van der Waals surface area (Å²) in [6.07, 6.45) is 0.818. The molecule has 0 aliphatic rings. The summed E-state index contributed by atoms with van der Waals surface area (Å²) in [6.45, 7) is 5.63. The number of amides is 1. The summed E-state index contributed by atoms with van der Waals surface area (Å²) in [5.41, 5.74) is 0.959. The topological polar surface area (TPSA) is 54.5 Å². The first-order valence-electron chi connectivity index (χ1n) is 6.11. The number of hydrogen-bond donors (Lipinski definition) is 0. The summed E-state index contributed by atoms with van der Waals surface area (Å²) >= 11 is 3.19. The fraction of sp³-hybridized carbons (Fsp3) is 0.462. The van der Waals surface area contributed by atoms with Crippen LogP contribution in [-0.4, -0.2) is 32.3 Å². The smallest absolute Gasteiger partial charge is 0.262 e. The molecule has 0 fully saturated rings. The van der Waals surface area contributed by atoms with Crippen LogP contribution in [0.1, 0.15) is 36.2 Å². The molecular formula is C13H17BrClNO3S. The Morgan fingerprint density at radius 2 is 2.00 bits per heavy atom. The molecule has 1 aromatic carbocycles. The number of carbonyl (C=O) groups excluding carboxylic acids is 1. The van der Waals surface area contributed by atoms with E-state index in [9.17, 15) is 13.2 Å². The van der Waals surface area contributed by atoms with Crippen molar-refractivity contribution in [3.63, 3.8) is 0 Å². The zero-order valence-corrected chi connectivity index (χ0v) is 14.9. The number of hydrogen-bond acceptors (Lipinski definition) is 3. The highest BCUT2D eigenvalue weighted by Gasteiger charge is 2.22. The molecule has 0 radical (unpaired) electrons. The van der Waals surface area contributed by atoms with Gasteiger partial charge in [0.2, 0.25) is 0 Å². The number of carbonyl (C=O) groups is 1. The van der Waals surface area contributed by atoms with Crippen molar-refractivity contribution in [1.29, 1.82) is 0 Å². The molecule has 0 saturated heterocycles. The Hall–Kier alpha value is -0.590. The van der Waals surface area contributed by atoms with Gasteiger partial charge in [-0.1, -0.05) is 6.92 Å². The Labute approximate surface area is 132 Å². The van der Waals surface area contributed by atoms with E-state index >= 15 is 0 Å². The Kier molecular flexibility index (Phi) is 5.63. The predicted molar refractivity (Wildman–Crippen MR) is 83.8 cm³/mol. The highest BCUT2D eigenvalue weighted by molar-refractivity contribution is 9.10. The monoisotopic (exact) mass is 381 g/mol. The van der Waals surface area contributed by atoms with E-state index in [1.54, 1.807) is 24.9 Å². The average molecular weight is 383 g/mol. The van der Waals surface area contributed by atoms with E-state index in [0.717, 1.165) is 6.42 Å². The van der Waals surface area contributed by atoms with Gasteiger partial charge in [-0.25, -0.2) is 8.42 Å². The first-order valence-corrected chi connectivity index (χ1v) is 9.21. The molecule has 1 rings (SSSR count). The zero-order chi connectivity index (χ0) is 15.7. The minimum Gasteiger partial charge on any atom is -0.339 e. The van der Waals surface area contributed by atoms with Crippen molar-refractivity contribution in [2.75, 3.05) is 7.05 Å². The van der Waals surface area contributed by atoms with Gasteiger partial charge in [0.15, 0.2) is 0 Å². The number of aryl methyl sites for hydroxylation is 1. The zero-order valence-electron chi connectivity index (χ0n) is 11.8. The molecule has 112 valence electrons. The van der Waals surface area contributed by atoms with Gasteiger partial charge in [-0.05, 0) is 53.9 Å². The molecule has 1 atom stereocenters. The first kappa shape index (κ1) is 17.5. The van der Waals surface area contributed by atoms with E-state index in [2.05, 4.69) is 15.9 Å². The molecule has 0 saturated carbocycles. The van der Waals surface area contributed by atoms with Crippen LogP contribution in [0.25, 0.3) is 0 Å². The van der Waals surface area contributed by atoms with Crippen molar-refractivity contribution in [3.05, 3.63) is 27.7 Å². The fourth-order valence-electron chi connectivity index (χ4n) is 1.72. The van der Waals surface area contributed by atoms with Crippen LogP contribution in [-0.2, 0) is 9.05 Å². The van der Waals surface area contributed by atoms with E-state index in [0.29, 0.717) is 15.6 Å². The van der Waals surface area contributed by atoms with Gasteiger partial charge >= 0.3 is 0 Å². The summed E-state index contributed by atoms with van der Waals surface area (Å²) < 4.78 is 23.5. The minimum absolute atomic E-state index is 0.0718. The molecule has 1 unspecified atom stereocenters. The van der Waals surface area contributed by atoms with E-state index in [1.807, 2.05) is 13.8 Å². The van der Waals surface area contributed by atoms with Gasteiger partial charge in [-0.2, -0.15) is 0 Å². The van der Waals surface area contributed by atoms with Crippen LogP contribution in [0.5, 0.6) is 0 Å². The number of nitrogens with zero attached hydrogens (tertiary/aromatic N) is 1. The first-order chi connectivity index (χ1) is 9.09. The van der Waals surface area contributed by atoms with Crippen molar-refractivity contribution in [1.82, 2.24) is 4.90 Å². The second-order valence-electron chi connectivity index (χ2n) is 4.72.